The van der Waals surface area contributed by atoms with Crippen LogP contribution in [0.15, 0.2) is 48.5 Å². The molecule has 3 aliphatic carbocycles. The fourth-order valence-corrected chi connectivity index (χ4v) is 6.23. The second kappa shape index (κ2) is 6.25. The predicted octanol–water partition coefficient (Wildman–Crippen LogP) is 3.06. The number of nitrogens with zero attached hydrogens (tertiary/aromatic N) is 1. The third-order valence-corrected chi connectivity index (χ3v) is 7.03. The Morgan fingerprint density at radius 1 is 0.862 bits per heavy atom. The van der Waals surface area contributed by atoms with Gasteiger partial charge in [0.05, 0.1) is 17.3 Å². The van der Waals surface area contributed by atoms with Gasteiger partial charge < -0.3 is 9.47 Å². The first-order valence-corrected chi connectivity index (χ1v) is 10.1. The Kier molecular flexibility index (Phi) is 3.99. The molecule has 2 aromatic rings. The molecule has 5 nitrogen and oxygen atoms in total. The third-order valence-electron chi connectivity index (χ3n) is 7.03. The molecule has 4 aliphatic rings. The standard InChI is InChI=1S/C24H25NO4/c1-13(2)25-21(26)19-18-14-9-5-7-11-16(14)24(20(19)22(25)27,23(28-3)29-4)17-12-8-6-10-15(17)18/h5-13,18-20,23H,1-4H3/t18?,19-,20-,24?/m0/s1. The maximum atomic E-state index is 13.7. The lowest BCUT2D eigenvalue weighted by atomic mass is 9.47. The highest BCUT2D eigenvalue weighted by molar-refractivity contribution is 6.08. The molecule has 2 amide bonds. The Morgan fingerprint density at radius 3 is 1.86 bits per heavy atom. The number of rotatable bonds is 4. The number of carbonyl (C=O) groups is 2. The lowest BCUT2D eigenvalue weighted by molar-refractivity contribution is -0.169. The number of methoxy groups -OCH3 is 2. The van der Waals surface area contributed by atoms with Crippen molar-refractivity contribution in [1.82, 2.24) is 4.90 Å². The fraction of sp³-hybridized carbons (Fsp3) is 0.417. The van der Waals surface area contributed by atoms with Crippen molar-refractivity contribution in [2.24, 2.45) is 11.8 Å². The van der Waals surface area contributed by atoms with Gasteiger partial charge in [-0.15, -0.1) is 0 Å². The smallest absolute Gasteiger partial charge is 0.234 e. The Morgan fingerprint density at radius 2 is 1.38 bits per heavy atom. The highest BCUT2D eigenvalue weighted by Gasteiger charge is 2.70. The minimum absolute atomic E-state index is 0.0839. The van der Waals surface area contributed by atoms with Crippen molar-refractivity contribution in [3.63, 3.8) is 0 Å². The van der Waals surface area contributed by atoms with Crippen LogP contribution < -0.4 is 0 Å². The van der Waals surface area contributed by atoms with Gasteiger partial charge in [-0.1, -0.05) is 48.5 Å². The summed E-state index contributed by atoms with van der Waals surface area (Å²) in [7, 11) is 3.20. The predicted molar refractivity (Wildman–Crippen MR) is 107 cm³/mol. The molecule has 0 radical (unpaired) electrons. The molecule has 0 spiro atoms. The van der Waals surface area contributed by atoms with E-state index in [0.717, 1.165) is 22.3 Å². The van der Waals surface area contributed by atoms with Gasteiger partial charge in [0.25, 0.3) is 0 Å². The van der Waals surface area contributed by atoms with E-state index < -0.39 is 23.5 Å². The van der Waals surface area contributed by atoms with Gasteiger partial charge in [0, 0.05) is 26.2 Å². The number of hydrogen-bond donors (Lipinski definition) is 0. The summed E-state index contributed by atoms with van der Waals surface area (Å²) < 4.78 is 11.7. The molecule has 1 fully saturated rings. The van der Waals surface area contributed by atoms with E-state index in [9.17, 15) is 9.59 Å². The van der Waals surface area contributed by atoms with Crippen LogP contribution in [-0.4, -0.2) is 43.3 Å². The molecule has 6 rings (SSSR count). The number of hydrogen-bond acceptors (Lipinski definition) is 4. The van der Waals surface area contributed by atoms with E-state index in [-0.39, 0.29) is 23.8 Å². The lowest BCUT2D eigenvalue weighted by Gasteiger charge is -2.56. The maximum Gasteiger partial charge on any atom is 0.234 e. The molecular formula is C24H25NO4. The summed E-state index contributed by atoms with van der Waals surface area (Å²) in [5, 5.41) is 0. The molecular weight excluding hydrogens is 366 g/mol. The molecule has 0 saturated carbocycles. The first-order chi connectivity index (χ1) is 14.0. The number of imide groups is 1. The molecule has 1 saturated heterocycles. The lowest BCUT2D eigenvalue weighted by Crippen LogP contribution is -2.60. The second-order valence-corrected chi connectivity index (χ2v) is 8.47. The van der Waals surface area contributed by atoms with E-state index in [4.69, 9.17) is 9.47 Å². The zero-order valence-electron chi connectivity index (χ0n) is 17.1. The van der Waals surface area contributed by atoms with E-state index in [1.54, 1.807) is 14.2 Å². The molecule has 150 valence electrons. The Labute approximate surface area is 170 Å². The number of likely N-dealkylation sites (tertiary alicyclic amines) is 1. The normalized spacial score (nSPS) is 29.4. The van der Waals surface area contributed by atoms with Crippen molar-refractivity contribution >= 4 is 11.8 Å². The van der Waals surface area contributed by atoms with Crippen LogP contribution in [-0.2, 0) is 24.5 Å². The first kappa shape index (κ1) is 18.5. The van der Waals surface area contributed by atoms with Gasteiger partial charge in [0.1, 0.15) is 0 Å². The summed E-state index contributed by atoms with van der Waals surface area (Å²) in [6, 6.07) is 16.1. The molecule has 1 heterocycles. The van der Waals surface area contributed by atoms with Crippen LogP contribution in [0.3, 0.4) is 0 Å². The van der Waals surface area contributed by atoms with Crippen molar-refractivity contribution in [3.8, 4) is 0 Å². The van der Waals surface area contributed by atoms with E-state index >= 15 is 0 Å². The zero-order valence-corrected chi connectivity index (χ0v) is 17.1. The van der Waals surface area contributed by atoms with Gasteiger partial charge in [-0.2, -0.15) is 0 Å². The summed E-state index contributed by atoms with van der Waals surface area (Å²) in [6.45, 7) is 3.79. The average Bonchev–Trinajstić information content (AvgIpc) is 3.00. The zero-order chi connectivity index (χ0) is 20.5. The number of amides is 2. The minimum atomic E-state index is -0.869. The second-order valence-electron chi connectivity index (χ2n) is 8.47. The van der Waals surface area contributed by atoms with Gasteiger partial charge in [-0.3, -0.25) is 14.5 Å². The van der Waals surface area contributed by atoms with E-state index in [1.165, 1.54) is 4.90 Å². The van der Waals surface area contributed by atoms with E-state index in [1.807, 2.05) is 38.1 Å². The molecule has 0 aromatic heterocycles. The monoisotopic (exact) mass is 391 g/mol. The summed E-state index contributed by atoms with van der Waals surface area (Å²) in [5.74, 6) is -1.33. The molecule has 0 unspecified atom stereocenters. The first-order valence-electron chi connectivity index (χ1n) is 10.1. The van der Waals surface area contributed by atoms with Crippen molar-refractivity contribution in [3.05, 3.63) is 70.8 Å². The molecule has 1 aliphatic heterocycles. The molecule has 29 heavy (non-hydrogen) atoms. The largest absolute Gasteiger partial charge is 0.355 e. The summed E-state index contributed by atoms with van der Waals surface area (Å²) in [5.41, 5.74) is 3.39. The molecule has 0 N–H and O–H groups in total. The van der Waals surface area contributed by atoms with Crippen molar-refractivity contribution in [2.75, 3.05) is 14.2 Å². The highest BCUT2D eigenvalue weighted by atomic mass is 16.7. The SMILES string of the molecule is COC(OC)C12c3ccccc3C(c3ccccc31)[C@@H]1C(=O)N(C(C)C)C(=O)[C@H]12. The van der Waals surface area contributed by atoms with Crippen LogP contribution in [0.25, 0.3) is 0 Å². The summed E-state index contributed by atoms with van der Waals surface area (Å²) in [6.07, 6.45) is -0.692. The van der Waals surface area contributed by atoms with E-state index in [2.05, 4.69) is 24.3 Å². The maximum absolute atomic E-state index is 13.7. The van der Waals surface area contributed by atoms with E-state index in [0.29, 0.717) is 0 Å². The van der Waals surface area contributed by atoms with Crippen LogP contribution in [0, 0.1) is 11.8 Å². The van der Waals surface area contributed by atoms with Crippen LogP contribution in [0.1, 0.15) is 42.0 Å². The van der Waals surface area contributed by atoms with Gasteiger partial charge in [-0.25, -0.2) is 0 Å². The van der Waals surface area contributed by atoms with Crippen molar-refractivity contribution < 1.29 is 19.1 Å². The number of ether oxygens (including phenoxy) is 2. The van der Waals surface area contributed by atoms with Gasteiger partial charge in [0.2, 0.25) is 11.8 Å². The minimum Gasteiger partial charge on any atom is -0.355 e. The van der Waals surface area contributed by atoms with Gasteiger partial charge >= 0.3 is 0 Å². The van der Waals surface area contributed by atoms with Crippen molar-refractivity contribution in [1.29, 1.82) is 0 Å². The number of carbonyl (C=O) groups excluding carboxylic acids is 2. The summed E-state index contributed by atoms with van der Waals surface area (Å²) in [4.78, 5) is 28.8. The Balaban J connectivity index is 1.91. The Hall–Kier alpha value is -2.50. The Bertz CT molecular complexity index is 962. The number of benzene rings is 2. The van der Waals surface area contributed by atoms with Crippen LogP contribution >= 0.6 is 0 Å². The van der Waals surface area contributed by atoms with Crippen LogP contribution in [0.4, 0.5) is 0 Å². The van der Waals surface area contributed by atoms with Gasteiger partial charge in [-0.05, 0) is 36.1 Å². The van der Waals surface area contributed by atoms with Crippen LogP contribution in [0.2, 0.25) is 0 Å². The van der Waals surface area contributed by atoms with Gasteiger partial charge in [0.15, 0.2) is 6.29 Å². The third kappa shape index (κ3) is 2.02. The highest BCUT2D eigenvalue weighted by Crippen LogP contribution is 2.65. The topological polar surface area (TPSA) is 55.8 Å². The fourth-order valence-electron chi connectivity index (χ4n) is 6.23. The quantitative estimate of drug-likeness (QED) is 0.594. The molecule has 5 heteroatoms. The summed E-state index contributed by atoms with van der Waals surface area (Å²) >= 11 is 0. The molecule has 2 aromatic carbocycles. The van der Waals surface area contributed by atoms with Crippen molar-refractivity contribution in [2.45, 2.75) is 37.5 Å². The van der Waals surface area contributed by atoms with Crippen LogP contribution in [0.5, 0.6) is 0 Å². The molecule has 2 atom stereocenters. The average molecular weight is 391 g/mol. The molecule has 2 bridgehead atoms.